The Labute approximate surface area is 150 Å². The monoisotopic (exact) mass is 363 g/mol. The summed E-state index contributed by atoms with van der Waals surface area (Å²) in [6.07, 6.45) is 0. The van der Waals surface area contributed by atoms with Crippen LogP contribution in [0.5, 0.6) is 11.6 Å². The van der Waals surface area contributed by atoms with Gasteiger partial charge in [0.1, 0.15) is 5.75 Å². The molecule has 1 heterocycles. The van der Waals surface area contributed by atoms with E-state index in [1.165, 1.54) is 11.7 Å². The Bertz CT molecular complexity index is 803. The molecular formula is C17H21N3O4S. The molecule has 0 aliphatic rings. The number of para-hydroxylation sites is 2. The lowest BCUT2D eigenvalue weighted by atomic mass is 10.3. The van der Waals surface area contributed by atoms with Gasteiger partial charge in [0.2, 0.25) is 11.8 Å². The van der Waals surface area contributed by atoms with Crippen LogP contribution in [-0.4, -0.2) is 51.4 Å². The smallest absolute Gasteiger partial charge is 0.262 e. The van der Waals surface area contributed by atoms with Crippen LogP contribution in [0.25, 0.3) is 5.69 Å². The van der Waals surface area contributed by atoms with Crippen LogP contribution in [0.1, 0.15) is 13.8 Å². The number of aromatic nitrogens is 2. The predicted octanol–water partition coefficient (Wildman–Crippen LogP) is 1.91. The van der Waals surface area contributed by atoms with Crippen molar-refractivity contribution in [2.24, 2.45) is 0 Å². The molecule has 134 valence electrons. The first kappa shape index (κ1) is 18.9. The molecule has 0 saturated heterocycles. The molecule has 0 bridgehead atoms. The van der Waals surface area contributed by atoms with Gasteiger partial charge in [0, 0.05) is 13.1 Å². The van der Waals surface area contributed by atoms with Gasteiger partial charge < -0.3 is 14.7 Å². The first-order valence-corrected chi connectivity index (χ1v) is 8.87. The molecule has 0 aliphatic heterocycles. The van der Waals surface area contributed by atoms with E-state index < -0.39 is 5.56 Å². The highest BCUT2D eigenvalue weighted by Crippen LogP contribution is 2.26. The zero-order chi connectivity index (χ0) is 18.4. The Balaban J connectivity index is 2.42. The zero-order valence-corrected chi connectivity index (χ0v) is 15.2. The van der Waals surface area contributed by atoms with Crippen LogP contribution < -0.4 is 10.3 Å². The van der Waals surface area contributed by atoms with Crippen molar-refractivity contribution in [3.05, 3.63) is 40.7 Å². The van der Waals surface area contributed by atoms with Gasteiger partial charge in [-0.25, -0.2) is 0 Å². The largest absolute Gasteiger partial charge is 0.495 e. The first-order chi connectivity index (χ1) is 12.0. The van der Waals surface area contributed by atoms with Gasteiger partial charge >= 0.3 is 0 Å². The molecule has 0 spiro atoms. The van der Waals surface area contributed by atoms with Crippen molar-refractivity contribution in [2.75, 3.05) is 26.0 Å². The second-order valence-electron chi connectivity index (χ2n) is 5.10. The van der Waals surface area contributed by atoms with E-state index in [1.807, 2.05) is 13.8 Å². The molecule has 25 heavy (non-hydrogen) atoms. The van der Waals surface area contributed by atoms with Crippen LogP contribution in [-0.2, 0) is 4.79 Å². The Kier molecular flexibility index (Phi) is 6.46. The van der Waals surface area contributed by atoms with E-state index in [0.29, 0.717) is 24.5 Å². The van der Waals surface area contributed by atoms with Crippen molar-refractivity contribution in [1.29, 1.82) is 0 Å². The van der Waals surface area contributed by atoms with Gasteiger partial charge in [-0.15, -0.1) is 0 Å². The van der Waals surface area contributed by atoms with Gasteiger partial charge in [0.25, 0.3) is 5.56 Å². The van der Waals surface area contributed by atoms with Gasteiger partial charge in [0.15, 0.2) is 5.16 Å². The lowest BCUT2D eigenvalue weighted by Gasteiger charge is -2.19. The molecule has 0 aliphatic carbocycles. The second-order valence-corrected chi connectivity index (χ2v) is 6.04. The molecule has 7 nitrogen and oxygen atoms in total. The zero-order valence-electron chi connectivity index (χ0n) is 14.4. The maximum Gasteiger partial charge on any atom is 0.262 e. The Hall–Kier alpha value is -2.48. The number of rotatable bonds is 7. The number of aromatic hydroxyl groups is 1. The number of methoxy groups -OCH3 is 1. The third-order valence-corrected chi connectivity index (χ3v) is 4.56. The standard InChI is InChI=1S/C17H21N3O4S/c1-4-19(5-2)16(23)11-25-17-18-14(21)10-15(22)20(17)12-8-6-7-9-13(12)24-3/h6-10,21H,4-5,11H2,1-3H3. The number of nitrogens with zero attached hydrogens (tertiary/aromatic N) is 3. The van der Waals surface area contributed by atoms with Crippen LogP contribution in [0.4, 0.5) is 0 Å². The topological polar surface area (TPSA) is 84.7 Å². The molecule has 1 aromatic carbocycles. The molecule has 8 heteroatoms. The Morgan fingerprint density at radius 2 is 2.00 bits per heavy atom. The fourth-order valence-corrected chi connectivity index (χ4v) is 3.29. The third-order valence-electron chi connectivity index (χ3n) is 3.64. The molecule has 1 N–H and O–H groups in total. The van der Waals surface area contributed by atoms with E-state index in [0.717, 1.165) is 17.8 Å². The summed E-state index contributed by atoms with van der Waals surface area (Å²) in [5, 5.41) is 9.93. The van der Waals surface area contributed by atoms with E-state index in [-0.39, 0.29) is 22.7 Å². The molecule has 0 atom stereocenters. The molecule has 0 saturated carbocycles. The number of benzene rings is 1. The fraction of sp³-hybridized carbons (Fsp3) is 0.353. The van der Waals surface area contributed by atoms with E-state index in [1.54, 1.807) is 29.2 Å². The van der Waals surface area contributed by atoms with Crippen molar-refractivity contribution in [3.63, 3.8) is 0 Å². The van der Waals surface area contributed by atoms with Gasteiger partial charge in [-0.05, 0) is 26.0 Å². The molecule has 0 unspecified atom stereocenters. The molecule has 1 amide bonds. The van der Waals surface area contributed by atoms with Gasteiger partial charge in [-0.3, -0.25) is 14.2 Å². The van der Waals surface area contributed by atoms with Crippen LogP contribution in [0.15, 0.2) is 40.3 Å². The molecule has 0 radical (unpaired) electrons. The number of carbonyl (C=O) groups excluding carboxylic acids is 1. The average molecular weight is 363 g/mol. The van der Waals surface area contributed by atoms with Crippen molar-refractivity contribution in [1.82, 2.24) is 14.5 Å². The van der Waals surface area contributed by atoms with Gasteiger partial charge in [0.05, 0.1) is 24.6 Å². The highest BCUT2D eigenvalue weighted by molar-refractivity contribution is 7.99. The number of thioether (sulfide) groups is 1. The normalized spacial score (nSPS) is 10.5. The lowest BCUT2D eigenvalue weighted by Crippen LogP contribution is -2.32. The summed E-state index contributed by atoms with van der Waals surface area (Å²) < 4.78 is 6.64. The maximum atomic E-state index is 12.4. The number of hydrogen-bond donors (Lipinski definition) is 1. The SMILES string of the molecule is CCN(CC)C(=O)CSc1nc(O)cc(=O)n1-c1ccccc1OC. The summed E-state index contributed by atoms with van der Waals surface area (Å²) in [7, 11) is 1.51. The minimum absolute atomic E-state index is 0.0563. The van der Waals surface area contributed by atoms with Crippen LogP contribution in [0, 0.1) is 0 Å². The lowest BCUT2D eigenvalue weighted by molar-refractivity contribution is -0.127. The molecule has 2 rings (SSSR count). The van der Waals surface area contributed by atoms with Crippen molar-refractivity contribution in [2.45, 2.75) is 19.0 Å². The van der Waals surface area contributed by atoms with Gasteiger partial charge in [-0.2, -0.15) is 4.98 Å². The van der Waals surface area contributed by atoms with E-state index in [9.17, 15) is 14.7 Å². The maximum absolute atomic E-state index is 12.4. The van der Waals surface area contributed by atoms with Gasteiger partial charge in [-0.1, -0.05) is 23.9 Å². The van der Waals surface area contributed by atoms with E-state index in [2.05, 4.69) is 4.98 Å². The fourth-order valence-electron chi connectivity index (χ4n) is 2.38. The molecular weight excluding hydrogens is 342 g/mol. The van der Waals surface area contributed by atoms with E-state index >= 15 is 0 Å². The quantitative estimate of drug-likeness (QED) is 0.597. The summed E-state index contributed by atoms with van der Waals surface area (Å²) in [6.45, 7) is 5.04. The molecule has 0 fully saturated rings. The van der Waals surface area contributed by atoms with Crippen molar-refractivity contribution in [3.8, 4) is 17.3 Å². The number of ether oxygens (including phenoxy) is 1. The molecule has 2 aromatic rings. The molecule has 1 aromatic heterocycles. The average Bonchev–Trinajstić information content (AvgIpc) is 2.60. The van der Waals surface area contributed by atoms with Crippen LogP contribution >= 0.6 is 11.8 Å². The number of carbonyl (C=O) groups is 1. The highest BCUT2D eigenvalue weighted by Gasteiger charge is 2.17. The summed E-state index contributed by atoms with van der Waals surface area (Å²) >= 11 is 1.10. The minimum Gasteiger partial charge on any atom is -0.495 e. The summed E-state index contributed by atoms with van der Waals surface area (Å²) in [4.78, 5) is 30.4. The summed E-state index contributed by atoms with van der Waals surface area (Å²) in [5.74, 6) is 0.175. The van der Waals surface area contributed by atoms with E-state index in [4.69, 9.17) is 4.74 Å². The van der Waals surface area contributed by atoms with Crippen molar-refractivity contribution < 1.29 is 14.6 Å². The summed E-state index contributed by atoms with van der Waals surface area (Å²) in [6, 6.07) is 8.03. The Morgan fingerprint density at radius 1 is 1.32 bits per heavy atom. The van der Waals surface area contributed by atoms with Crippen molar-refractivity contribution >= 4 is 17.7 Å². The third kappa shape index (κ3) is 4.33. The Morgan fingerprint density at radius 3 is 2.64 bits per heavy atom. The second kappa shape index (κ2) is 8.57. The minimum atomic E-state index is -0.449. The predicted molar refractivity (Wildman–Crippen MR) is 96.7 cm³/mol. The van der Waals surface area contributed by atoms with Crippen LogP contribution in [0.2, 0.25) is 0 Å². The first-order valence-electron chi connectivity index (χ1n) is 7.88. The number of hydrogen-bond acceptors (Lipinski definition) is 6. The highest BCUT2D eigenvalue weighted by atomic mass is 32.2. The van der Waals surface area contributed by atoms with Crippen LogP contribution in [0.3, 0.4) is 0 Å². The summed E-state index contributed by atoms with van der Waals surface area (Å²) in [5.41, 5.74) is 0.0510. The number of amides is 1.